The van der Waals surface area contributed by atoms with Gasteiger partial charge in [-0.25, -0.2) is 0 Å². The summed E-state index contributed by atoms with van der Waals surface area (Å²) in [7, 11) is 0. The predicted octanol–water partition coefficient (Wildman–Crippen LogP) is 2.35. The van der Waals surface area contributed by atoms with E-state index in [2.05, 4.69) is 44.8 Å². The zero-order valence-electron chi connectivity index (χ0n) is 10.6. The lowest BCUT2D eigenvalue weighted by molar-refractivity contribution is 0.266. The van der Waals surface area contributed by atoms with Crippen LogP contribution < -0.4 is 5.32 Å². The maximum absolute atomic E-state index is 3.59. The Morgan fingerprint density at radius 1 is 1.07 bits per heavy atom. The third-order valence-electron chi connectivity index (χ3n) is 2.94. The van der Waals surface area contributed by atoms with Gasteiger partial charge in [0.1, 0.15) is 0 Å². The molecule has 0 saturated carbocycles. The zero-order valence-corrected chi connectivity index (χ0v) is 10.6. The SMILES string of the molecule is CCC(C)CNC(C)CN(CC)CC. The van der Waals surface area contributed by atoms with Crippen LogP contribution in [-0.4, -0.2) is 37.1 Å². The lowest BCUT2D eigenvalue weighted by Crippen LogP contribution is -2.40. The minimum absolute atomic E-state index is 0.615. The van der Waals surface area contributed by atoms with Gasteiger partial charge in [0.25, 0.3) is 0 Å². The molecule has 86 valence electrons. The average molecular weight is 200 g/mol. The van der Waals surface area contributed by atoms with E-state index in [1.54, 1.807) is 0 Å². The lowest BCUT2D eigenvalue weighted by Gasteiger charge is -2.24. The first-order chi connectivity index (χ1) is 6.63. The van der Waals surface area contributed by atoms with Crippen molar-refractivity contribution in [3.63, 3.8) is 0 Å². The van der Waals surface area contributed by atoms with Gasteiger partial charge in [-0.3, -0.25) is 0 Å². The number of likely N-dealkylation sites (N-methyl/N-ethyl adjacent to an activating group) is 1. The van der Waals surface area contributed by atoms with Crippen molar-refractivity contribution in [1.29, 1.82) is 0 Å². The molecule has 0 spiro atoms. The first-order valence-corrected chi connectivity index (χ1v) is 6.09. The number of rotatable bonds is 8. The smallest absolute Gasteiger partial charge is 0.0166 e. The summed E-state index contributed by atoms with van der Waals surface area (Å²) in [5.74, 6) is 0.800. The minimum Gasteiger partial charge on any atom is -0.313 e. The van der Waals surface area contributed by atoms with Gasteiger partial charge in [0.2, 0.25) is 0 Å². The molecule has 14 heavy (non-hydrogen) atoms. The molecule has 0 bridgehead atoms. The molecule has 0 radical (unpaired) electrons. The Morgan fingerprint density at radius 2 is 1.64 bits per heavy atom. The van der Waals surface area contributed by atoms with Gasteiger partial charge in [-0.05, 0) is 32.5 Å². The van der Waals surface area contributed by atoms with Crippen LogP contribution in [-0.2, 0) is 0 Å². The molecule has 0 aromatic heterocycles. The van der Waals surface area contributed by atoms with Crippen LogP contribution in [0.5, 0.6) is 0 Å². The average Bonchev–Trinajstić information content (AvgIpc) is 2.22. The summed E-state index contributed by atoms with van der Waals surface area (Å²) in [5, 5.41) is 3.59. The molecule has 0 rings (SSSR count). The molecule has 0 aromatic rings. The van der Waals surface area contributed by atoms with Gasteiger partial charge in [-0.1, -0.05) is 34.1 Å². The predicted molar refractivity (Wildman–Crippen MR) is 64.7 cm³/mol. The third kappa shape index (κ3) is 6.39. The van der Waals surface area contributed by atoms with Gasteiger partial charge < -0.3 is 10.2 Å². The molecule has 0 aliphatic heterocycles. The Labute approximate surface area is 90.1 Å². The summed E-state index contributed by atoms with van der Waals surface area (Å²) in [5.41, 5.74) is 0. The van der Waals surface area contributed by atoms with Crippen LogP contribution in [0.4, 0.5) is 0 Å². The topological polar surface area (TPSA) is 15.3 Å². The second-order valence-electron chi connectivity index (χ2n) is 4.31. The molecule has 1 N–H and O–H groups in total. The summed E-state index contributed by atoms with van der Waals surface area (Å²) < 4.78 is 0. The number of nitrogens with one attached hydrogen (secondary N) is 1. The van der Waals surface area contributed by atoms with E-state index >= 15 is 0 Å². The van der Waals surface area contributed by atoms with E-state index in [1.807, 2.05) is 0 Å². The molecule has 0 aromatic carbocycles. The molecule has 2 heteroatoms. The normalized spacial score (nSPS) is 15.9. The molecule has 0 aliphatic rings. The molecule has 0 aliphatic carbocycles. The van der Waals surface area contributed by atoms with E-state index < -0.39 is 0 Å². The number of nitrogens with zero attached hydrogens (tertiary/aromatic N) is 1. The lowest BCUT2D eigenvalue weighted by atomic mass is 10.1. The van der Waals surface area contributed by atoms with Crippen molar-refractivity contribution in [2.75, 3.05) is 26.2 Å². The molecule has 0 fully saturated rings. The van der Waals surface area contributed by atoms with Crippen LogP contribution in [0.15, 0.2) is 0 Å². The van der Waals surface area contributed by atoms with Crippen LogP contribution in [0, 0.1) is 5.92 Å². The largest absolute Gasteiger partial charge is 0.313 e. The Hall–Kier alpha value is -0.0800. The van der Waals surface area contributed by atoms with Crippen molar-refractivity contribution < 1.29 is 0 Å². The van der Waals surface area contributed by atoms with Gasteiger partial charge in [0.15, 0.2) is 0 Å². The molecular weight excluding hydrogens is 172 g/mol. The Bertz CT molecular complexity index is 121. The summed E-state index contributed by atoms with van der Waals surface area (Å²) in [6.45, 7) is 15.9. The number of hydrogen-bond acceptors (Lipinski definition) is 2. The zero-order chi connectivity index (χ0) is 11.0. The maximum Gasteiger partial charge on any atom is 0.0166 e. The monoisotopic (exact) mass is 200 g/mol. The summed E-state index contributed by atoms with van der Waals surface area (Å²) in [6, 6.07) is 0.615. The maximum atomic E-state index is 3.59. The van der Waals surface area contributed by atoms with Gasteiger partial charge in [-0.2, -0.15) is 0 Å². The van der Waals surface area contributed by atoms with Crippen LogP contribution in [0.1, 0.15) is 41.0 Å². The van der Waals surface area contributed by atoms with E-state index in [1.165, 1.54) is 13.0 Å². The van der Waals surface area contributed by atoms with Gasteiger partial charge >= 0.3 is 0 Å². The highest BCUT2D eigenvalue weighted by Crippen LogP contribution is 1.99. The first kappa shape index (κ1) is 13.9. The molecule has 0 amide bonds. The molecular formula is C12H28N2. The number of hydrogen-bond donors (Lipinski definition) is 1. The molecule has 2 nitrogen and oxygen atoms in total. The minimum atomic E-state index is 0.615. The summed E-state index contributed by atoms with van der Waals surface area (Å²) in [4.78, 5) is 2.47. The molecule has 0 heterocycles. The highest BCUT2D eigenvalue weighted by Gasteiger charge is 2.07. The van der Waals surface area contributed by atoms with Crippen molar-refractivity contribution in [2.45, 2.75) is 47.1 Å². The van der Waals surface area contributed by atoms with Crippen molar-refractivity contribution in [3.05, 3.63) is 0 Å². The Morgan fingerprint density at radius 3 is 2.07 bits per heavy atom. The Balaban J connectivity index is 3.58. The molecule has 2 atom stereocenters. The van der Waals surface area contributed by atoms with Crippen molar-refractivity contribution in [1.82, 2.24) is 10.2 Å². The van der Waals surface area contributed by atoms with E-state index in [0.717, 1.165) is 25.6 Å². The van der Waals surface area contributed by atoms with E-state index in [0.29, 0.717) is 6.04 Å². The fourth-order valence-electron chi connectivity index (χ4n) is 1.48. The van der Waals surface area contributed by atoms with Crippen molar-refractivity contribution in [2.24, 2.45) is 5.92 Å². The standard InChI is InChI=1S/C12H28N2/c1-6-11(4)9-13-12(5)10-14(7-2)8-3/h11-13H,6-10H2,1-5H3. The second kappa shape index (κ2) is 8.25. The fraction of sp³-hybridized carbons (Fsp3) is 1.00. The van der Waals surface area contributed by atoms with Crippen LogP contribution in [0.3, 0.4) is 0 Å². The highest BCUT2D eigenvalue weighted by atomic mass is 15.1. The molecule has 0 saturated heterocycles. The van der Waals surface area contributed by atoms with Crippen molar-refractivity contribution in [3.8, 4) is 0 Å². The summed E-state index contributed by atoms with van der Waals surface area (Å²) >= 11 is 0. The highest BCUT2D eigenvalue weighted by molar-refractivity contribution is 4.67. The fourth-order valence-corrected chi connectivity index (χ4v) is 1.48. The summed E-state index contributed by atoms with van der Waals surface area (Å²) in [6.07, 6.45) is 1.27. The van der Waals surface area contributed by atoms with Gasteiger partial charge in [0, 0.05) is 12.6 Å². The van der Waals surface area contributed by atoms with E-state index in [-0.39, 0.29) is 0 Å². The third-order valence-corrected chi connectivity index (χ3v) is 2.94. The van der Waals surface area contributed by atoms with Gasteiger partial charge in [0.05, 0.1) is 0 Å². The second-order valence-corrected chi connectivity index (χ2v) is 4.31. The van der Waals surface area contributed by atoms with Crippen LogP contribution in [0.2, 0.25) is 0 Å². The first-order valence-electron chi connectivity index (χ1n) is 6.09. The van der Waals surface area contributed by atoms with Crippen LogP contribution >= 0.6 is 0 Å². The van der Waals surface area contributed by atoms with Crippen LogP contribution in [0.25, 0.3) is 0 Å². The van der Waals surface area contributed by atoms with E-state index in [4.69, 9.17) is 0 Å². The quantitative estimate of drug-likeness (QED) is 0.647. The van der Waals surface area contributed by atoms with Crippen molar-refractivity contribution >= 4 is 0 Å². The van der Waals surface area contributed by atoms with Gasteiger partial charge in [-0.15, -0.1) is 0 Å². The van der Waals surface area contributed by atoms with E-state index in [9.17, 15) is 0 Å². The Kier molecular flexibility index (Phi) is 8.20. The molecule has 2 unspecified atom stereocenters.